The third-order valence-corrected chi connectivity index (χ3v) is 3.01. The van der Waals surface area contributed by atoms with Gasteiger partial charge in [0.1, 0.15) is 0 Å². The minimum atomic E-state index is 0.569. The highest BCUT2D eigenvalue weighted by molar-refractivity contribution is 5.47. The van der Waals surface area contributed by atoms with Gasteiger partial charge in [-0.05, 0) is 18.3 Å². The van der Waals surface area contributed by atoms with Crippen LogP contribution in [0.1, 0.15) is 12.8 Å². The Balaban J connectivity index is 1.88. The minimum Gasteiger partial charge on any atom is -0.345 e. The lowest BCUT2D eigenvalue weighted by Crippen LogP contribution is -2.58. The molecule has 1 N–H and O–H groups in total. The molecule has 0 unspecified atom stereocenters. The monoisotopic (exact) mass is 154 g/mol. The summed E-state index contributed by atoms with van der Waals surface area (Å²) < 4.78 is 0. The van der Waals surface area contributed by atoms with E-state index in [0.717, 1.165) is 19.5 Å². The van der Waals surface area contributed by atoms with Crippen molar-refractivity contribution in [1.29, 1.82) is 0 Å². The van der Waals surface area contributed by atoms with Crippen molar-refractivity contribution in [2.45, 2.75) is 12.8 Å². The predicted molar refractivity (Wildman–Crippen MR) is 42.2 cm³/mol. The summed E-state index contributed by atoms with van der Waals surface area (Å²) in [5.74, 6) is 0. The summed E-state index contributed by atoms with van der Waals surface area (Å²) in [4.78, 5) is 12.3. The lowest BCUT2D eigenvalue weighted by atomic mass is 9.74. The molecule has 2 fully saturated rings. The molecule has 62 valence electrons. The smallest absolute Gasteiger partial charge is 0.209 e. The average Bonchev–Trinajstić information content (AvgIpc) is 2.02. The first-order chi connectivity index (χ1) is 5.35. The van der Waals surface area contributed by atoms with Gasteiger partial charge in [-0.2, -0.15) is 0 Å². The maximum absolute atomic E-state index is 10.4. The quantitative estimate of drug-likeness (QED) is 0.532. The number of likely N-dealkylation sites (tertiary alicyclic amines) is 1. The van der Waals surface area contributed by atoms with E-state index in [1.165, 1.54) is 25.9 Å². The van der Waals surface area contributed by atoms with Crippen molar-refractivity contribution in [3.05, 3.63) is 0 Å². The van der Waals surface area contributed by atoms with Crippen LogP contribution in [-0.4, -0.2) is 37.5 Å². The maximum atomic E-state index is 10.4. The predicted octanol–water partition coefficient (Wildman–Crippen LogP) is -0.172. The van der Waals surface area contributed by atoms with Gasteiger partial charge in [0.15, 0.2) is 0 Å². The minimum absolute atomic E-state index is 0.569. The number of carbonyl (C=O) groups excluding carboxylic acids is 1. The summed E-state index contributed by atoms with van der Waals surface area (Å²) in [7, 11) is 0. The van der Waals surface area contributed by atoms with E-state index >= 15 is 0 Å². The number of carbonyl (C=O) groups is 1. The van der Waals surface area contributed by atoms with Crippen molar-refractivity contribution in [2.24, 2.45) is 5.41 Å². The first kappa shape index (κ1) is 7.10. The van der Waals surface area contributed by atoms with Gasteiger partial charge in [-0.1, -0.05) is 0 Å². The molecule has 3 nitrogen and oxygen atoms in total. The number of rotatable bonds is 1. The van der Waals surface area contributed by atoms with Gasteiger partial charge in [-0.25, -0.2) is 0 Å². The molecule has 0 radical (unpaired) electrons. The van der Waals surface area contributed by atoms with Crippen molar-refractivity contribution in [1.82, 2.24) is 10.2 Å². The number of nitrogens with zero attached hydrogens (tertiary/aromatic N) is 1. The molecule has 0 saturated carbocycles. The van der Waals surface area contributed by atoms with Crippen LogP contribution in [0.4, 0.5) is 0 Å². The zero-order valence-electron chi connectivity index (χ0n) is 6.68. The van der Waals surface area contributed by atoms with E-state index in [9.17, 15) is 4.79 Å². The highest BCUT2D eigenvalue weighted by atomic mass is 16.1. The van der Waals surface area contributed by atoms with Gasteiger partial charge in [0, 0.05) is 26.2 Å². The Morgan fingerprint density at radius 2 is 1.91 bits per heavy atom. The molecule has 11 heavy (non-hydrogen) atoms. The highest BCUT2D eigenvalue weighted by Gasteiger charge is 2.39. The molecule has 2 rings (SSSR count). The van der Waals surface area contributed by atoms with Gasteiger partial charge in [-0.15, -0.1) is 0 Å². The SMILES string of the molecule is O=CN1CCC2(CC1)CNC2. The van der Waals surface area contributed by atoms with Gasteiger partial charge >= 0.3 is 0 Å². The topological polar surface area (TPSA) is 32.3 Å². The largest absolute Gasteiger partial charge is 0.345 e. The molecule has 2 heterocycles. The summed E-state index contributed by atoms with van der Waals surface area (Å²) in [6.07, 6.45) is 3.36. The van der Waals surface area contributed by atoms with E-state index in [2.05, 4.69) is 5.32 Å². The van der Waals surface area contributed by atoms with Crippen molar-refractivity contribution in [2.75, 3.05) is 26.2 Å². The Morgan fingerprint density at radius 1 is 1.27 bits per heavy atom. The van der Waals surface area contributed by atoms with Crippen LogP contribution in [0, 0.1) is 5.41 Å². The molecule has 2 saturated heterocycles. The van der Waals surface area contributed by atoms with E-state index in [-0.39, 0.29) is 0 Å². The van der Waals surface area contributed by atoms with E-state index < -0.39 is 0 Å². The van der Waals surface area contributed by atoms with Crippen molar-refractivity contribution in [3.8, 4) is 0 Å². The van der Waals surface area contributed by atoms with Crippen LogP contribution in [0.15, 0.2) is 0 Å². The molecule has 0 aliphatic carbocycles. The number of amides is 1. The lowest BCUT2D eigenvalue weighted by Gasteiger charge is -2.47. The van der Waals surface area contributed by atoms with Gasteiger partial charge in [0.05, 0.1) is 0 Å². The van der Waals surface area contributed by atoms with Crippen molar-refractivity contribution >= 4 is 6.41 Å². The second-order valence-corrected chi connectivity index (χ2v) is 3.74. The Labute approximate surface area is 66.8 Å². The summed E-state index contributed by atoms with van der Waals surface area (Å²) in [5, 5.41) is 3.30. The second-order valence-electron chi connectivity index (χ2n) is 3.74. The molecule has 0 atom stereocenters. The molecule has 0 aromatic heterocycles. The Hall–Kier alpha value is -0.570. The molecule has 0 aromatic carbocycles. The number of hydrogen-bond donors (Lipinski definition) is 1. The summed E-state index contributed by atoms with van der Waals surface area (Å²) in [6, 6.07) is 0. The third-order valence-electron chi connectivity index (χ3n) is 3.01. The van der Waals surface area contributed by atoms with Gasteiger partial charge in [0.2, 0.25) is 6.41 Å². The zero-order chi connectivity index (χ0) is 7.73. The molecule has 2 aliphatic heterocycles. The van der Waals surface area contributed by atoms with E-state index in [1.54, 1.807) is 0 Å². The maximum Gasteiger partial charge on any atom is 0.209 e. The number of hydrogen-bond acceptors (Lipinski definition) is 2. The standard InChI is InChI=1S/C8H14N2O/c11-7-10-3-1-8(2-4-10)5-9-6-8/h7,9H,1-6H2. The fourth-order valence-corrected chi connectivity index (χ4v) is 1.94. The second kappa shape index (κ2) is 2.48. The van der Waals surface area contributed by atoms with Crippen LogP contribution in [0.25, 0.3) is 0 Å². The van der Waals surface area contributed by atoms with Gasteiger partial charge < -0.3 is 10.2 Å². The highest BCUT2D eigenvalue weighted by Crippen LogP contribution is 2.34. The first-order valence-electron chi connectivity index (χ1n) is 4.25. The average molecular weight is 154 g/mol. The summed E-state index contributed by atoms with van der Waals surface area (Å²) in [5.41, 5.74) is 0.569. The van der Waals surface area contributed by atoms with Gasteiger partial charge in [-0.3, -0.25) is 4.79 Å². The molecule has 2 aliphatic rings. The molecule has 1 amide bonds. The summed E-state index contributed by atoms with van der Waals surface area (Å²) in [6.45, 7) is 4.26. The van der Waals surface area contributed by atoms with Crippen LogP contribution >= 0.6 is 0 Å². The van der Waals surface area contributed by atoms with E-state index in [1.807, 2.05) is 4.90 Å². The Bertz CT molecular complexity index is 155. The molecular formula is C8H14N2O. The molecule has 3 heteroatoms. The van der Waals surface area contributed by atoms with E-state index in [0.29, 0.717) is 5.41 Å². The Kier molecular flexibility index (Phi) is 1.60. The van der Waals surface area contributed by atoms with Crippen LogP contribution in [-0.2, 0) is 4.79 Å². The number of piperidine rings is 1. The van der Waals surface area contributed by atoms with Gasteiger partial charge in [0.25, 0.3) is 0 Å². The Morgan fingerprint density at radius 3 is 2.27 bits per heavy atom. The number of nitrogens with one attached hydrogen (secondary N) is 1. The normalized spacial score (nSPS) is 28.2. The summed E-state index contributed by atoms with van der Waals surface area (Å²) >= 11 is 0. The van der Waals surface area contributed by atoms with Crippen LogP contribution in [0.3, 0.4) is 0 Å². The lowest BCUT2D eigenvalue weighted by molar-refractivity contribution is -0.120. The van der Waals surface area contributed by atoms with Crippen molar-refractivity contribution in [3.63, 3.8) is 0 Å². The fourth-order valence-electron chi connectivity index (χ4n) is 1.94. The van der Waals surface area contributed by atoms with Crippen LogP contribution < -0.4 is 5.32 Å². The van der Waals surface area contributed by atoms with Crippen molar-refractivity contribution < 1.29 is 4.79 Å². The van der Waals surface area contributed by atoms with Crippen LogP contribution in [0.2, 0.25) is 0 Å². The molecule has 0 bridgehead atoms. The molecule has 0 aromatic rings. The molecule has 1 spiro atoms. The fraction of sp³-hybridized carbons (Fsp3) is 0.875. The van der Waals surface area contributed by atoms with E-state index in [4.69, 9.17) is 0 Å². The molecular weight excluding hydrogens is 140 g/mol. The first-order valence-corrected chi connectivity index (χ1v) is 4.25. The third kappa shape index (κ3) is 1.13. The zero-order valence-corrected chi connectivity index (χ0v) is 6.68. The van der Waals surface area contributed by atoms with Crippen LogP contribution in [0.5, 0.6) is 0 Å².